The Kier molecular flexibility index (Phi) is 7.02. The number of hydrogen-bond acceptors (Lipinski definition) is 2. The number of halogens is 2. The Morgan fingerprint density at radius 2 is 1.90 bits per heavy atom. The van der Waals surface area contributed by atoms with Gasteiger partial charge in [0.1, 0.15) is 0 Å². The average Bonchev–Trinajstić information content (AvgIpc) is 2.48. The molecule has 1 aliphatic heterocycles. The summed E-state index contributed by atoms with van der Waals surface area (Å²) in [6, 6.07) is 7.28. The van der Waals surface area contributed by atoms with E-state index < -0.39 is 0 Å². The third-order valence-electron chi connectivity index (χ3n) is 4.00. The van der Waals surface area contributed by atoms with Gasteiger partial charge in [-0.05, 0) is 56.0 Å². The van der Waals surface area contributed by atoms with Gasteiger partial charge in [-0.3, -0.25) is 4.90 Å². The molecule has 4 heteroatoms. The molecule has 0 bridgehead atoms. The maximum Gasteiger partial charge on any atom is 0.0349 e. The normalized spacial score (nSPS) is 18.1. The monoisotopic (exact) mass is 402 g/mol. The van der Waals surface area contributed by atoms with Crippen LogP contribution >= 0.6 is 31.9 Å². The molecule has 0 spiro atoms. The van der Waals surface area contributed by atoms with Crippen molar-refractivity contribution in [2.75, 3.05) is 26.2 Å². The molecule has 2 nitrogen and oxygen atoms in total. The third-order valence-corrected chi connectivity index (χ3v) is 5.88. The highest BCUT2D eigenvalue weighted by molar-refractivity contribution is 9.13. The van der Waals surface area contributed by atoms with Crippen molar-refractivity contribution in [1.82, 2.24) is 10.2 Å². The van der Waals surface area contributed by atoms with Crippen LogP contribution in [0, 0.1) is 0 Å². The molecule has 1 fully saturated rings. The van der Waals surface area contributed by atoms with E-state index in [0.29, 0.717) is 6.04 Å². The van der Waals surface area contributed by atoms with Crippen molar-refractivity contribution in [1.29, 1.82) is 0 Å². The lowest BCUT2D eigenvalue weighted by Gasteiger charge is -2.35. The highest BCUT2D eigenvalue weighted by atomic mass is 79.9. The lowest BCUT2D eigenvalue weighted by molar-refractivity contribution is 0.162. The number of rotatable bonds is 6. The zero-order valence-corrected chi connectivity index (χ0v) is 15.3. The predicted molar refractivity (Wildman–Crippen MR) is 93.2 cm³/mol. The molecule has 1 atom stereocenters. The lowest BCUT2D eigenvalue weighted by Crippen LogP contribution is -2.45. The van der Waals surface area contributed by atoms with E-state index in [1.807, 2.05) is 0 Å². The van der Waals surface area contributed by atoms with Crippen LogP contribution < -0.4 is 5.32 Å². The summed E-state index contributed by atoms with van der Waals surface area (Å²) in [7, 11) is 0. The molecule has 0 aliphatic carbocycles. The van der Waals surface area contributed by atoms with Gasteiger partial charge in [0.25, 0.3) is 0 Å². The van der Waals surface area contributed by atoms with E-state index >= 15 is 0 Å². The summed E-state index contributed by atoms with van der Waals surface area (Å²) in [6.07, 6.45) is 5.21. The smallest absolute Gasteiger partial charge is 0.0349 e. The minimum atomic E-state index is 0.563. The van der Waals surface area contributed by atoms with E-state index in [4.69, 9.17) is 0 Å². The molecular weight excluding hydrogens is 380 g/mol. The summed E-state index contributed by atoms with van der Waals surface area (Å²) in [5.41, 5.74) is 1.44. The van der Waals surface area contributed by atoms with Crippen LogP contribution in [0.1, 0.15) is 44.2 Å². The molecule has 1 heterocycles. The van der Waals surface area contributed by atoms with E-state index in [2.05, 4.69) is 67.2 Å². The first-order chi connectivity index (χ1) is 9.72. The first-order valence-electron chi connectivity index (χ1n) is 7.62. The summed E-state index contributed by atoms with van der Waals surface area (Å²) >= 11 is 7.21. The van der Waals surface area contributed by atoms with Gasteiger partial charge < -0.3 is 5.32 Å². The van der Waals surface area contributed by atoms with Crippen molar-refractivity contribution < 1.29 is 0 Å². The fourth-order valence-electron chi connectivity index (χ4n) is 2.86. The highest BCUT2D eigenvalue weighted by Gasteiger charge is 2.22. The van der Waals surface area contributed by atoms with Crippen LogP contribution in [0.25, 0.3) is 0 Å². The van der Waals surface area contributed by atoms with Gasteiger partial charge in [0.2, 0.25) is 0 Å². The van der Waals surface area contributed by atoms with E-state index in [9.17, 15) is 0 Å². The summed E-state index contributed by atoms with van der Waals surface area (Å²) < 4.78 is 2.29. The summed E-state index contributed by atoms with van der Waals surface area (Å²) in [5, 5.41) is 3.45. The quantitative estimate of drug-likeness (QED) is 0.690. The predicted octanol–water partition coefficient (Wildman–Crippen LogP) is 4.74. The van der Waals surface area contributed by atoms with Gasteiger partial charge in [0.05, 0.1) is 0 Å². The summed E-state index contributed by atoms with van der Waals surface area (Å²) in [4.78, 5) is 2.64. The Morgan fingerprint density at radius 1 is 1.15 bits per heavy atom. The number of nitrogens with one attached hydrogen (secondary N) is 1. The maximum absolute atomic E-state index is 3.64. The van der Waals surface area contributed by atoms with Gasteiger partial charge in [-0.25, -0.2) is 0 Å². The molecule has 0 aromatic heterocycles. The van der Waals surface area contributed by atoms with E-state index in [1.165, 1.54) is 31.2 Å². The molecule has 0 saturated carbocycles. The largest absolute Gasteiger partial charge is 0.314 e. The van der Waals surface area contributed by atoms with Gasteiger partial charge in [0, 0.05) is 41.2 Å². The fraction of sp³-hybridized carbons (Fsp3) is 0.625. The van der Waals surface area contributed by atoms with E-state index in [1.54, 1.807) is 0 Å². The van der Waals surface area contributed by atoms with Crippen LogP contribution in [-0.4, -0.2) is 31.1 Å². The standard InChI is InChI=1S/C16H24Br2N2/c1-2-3-4-5-16(20-10-8-19-9-11-20)13-6-7-14(17)15(18)12-13/h6-7,12,16,19H,2-5,8-11H2,1H3/t16-/m1/s1. The van der Waals surface area contributed by atoms with Crippen molar-refractivity contribution in [2.24, 2.45) is 0 Å². The second-order valence-electron chi connectivity index (χ2n) is 5.47. The van der Waals surface area contributed by atoms with Crippen LogP contribution in [0.2, 0.25) is 0 Å². The maximum atomic E-state index is 3.64. The molecule has 20 heavy (non-hydrogen) atoms. The number of unbranched alkanes of at least 4 members (excludes halogenated alkanes) is 2. The number of hydrogen-bond donors (Lipinski definition) is 1. The second kappa shape index (κ2) is 8.52. The highest BCUT2D eigenvalue weighted by Crippen LogP contribution is 2.32. The van der Waals surface area contributed by atoms with Gasteiger partial charge in [-0.2, -0.15) is 0 Å². The van der Waals surface area contributed by atoms with Gasteiger partial charge in [-0.1, -0.05) is 32.3 Å². The molecular formula is C16H24Br2N2. The zero-order valence-electron chi connectivity index (χ0n) is 12.2. The summed E-state index contributed by atoms with van der Waals surface area (Å²) in [6.45, 7) is 6.81. The lowest BCUT2D eigenvalue weighted by atomic mass is 9.98. The average molecular weight is 404 g/mol. The molecule has 1 aliphatic rings. The Balaban J connectivity index is 2.12. The molecule has 0 unspecified atom stereocenters. The minimum Gasteiger partial charge on any atom is -0.314 e. The Hall–Kier alpha value is 0.1000. The number of piperazine rings is 1. The topological polar surface area (TPSA) is 15.3 Å². The van der Waals surface area contributed by atoms with Crippen molar-refractivity contribution in [2.45, 2.75) is 38.6 Å². The molecule has 0 radical (unpaired) electrons. The molecule has 0 amide bonds. The molecule has 1 saturated heterocycles. The van der Waals surface area contributed by atoms with Crippen LogP contribution in [0.3, 0.4) is 0 Å². The zero-order chi connectivity index (χ0) is 14.4. The van der Waals surface area contributed by atoms with E-state index in [-0.39, 0.29) is 0 Å². The SMILES string of the molecule is CCCCC[C@H](c1ccc(Br)c(Br)c1)N1CCNCC1. The fourth-order valence-corrected chi connectivity index (χ4v) is 3.50. The van der Waals surface area contributed by atoms with Gasteiger partial charge >= 0.3 is 0 Å². The van der Waals surface area contributed by atoms with Crippen LogP contribution in [-0.2, 0) is 0 Å². The van der Waals surface area contributed by atoms with Crippen molar-refractivity contribution in [3.05, 3.63) is 32.7 Å². The first kappa shape index (κ1) is 16.5. The number of benzene rings is 1. The molecule has 112 valence electrons. The molecule has 1 N–H and O–H groups in total. The summed E-state index contributed by atoms with van der Waals surface area (Å²) in [5.74, 6) is 0. The minimum absolute atomic E-state index is 0.563. The molecule has 1 aromatic carbocycles. The van der Waals surface area contributed by atoms with E-state index in [0.717, 1.165) is 35.1 Å². The third kappa shape index (κ3) is 4.55. The number of nitrogens with zero attached hydrogens (tertiary/aromatic N) is 1. The van der Waals surface area contributed by atoms with Gasteiger partial charge in [0.15, 0.2) is 0 Å². The Labute approximate surface area is 139 Å². The molecule has 1 aromatic rings. The van der Waals surface area contributed by atoms with Crippen LogP contribution in [0.4, 0.5) is 0 Å². The Bertz CT molecular complexity index is 417. The van der Waals surface area contributed by atoms with Crippen LogP contribution in [0.15, 0.2) is 27.1 Å². The van der Waals surface area contributed by atoms with Crippen molar-refractivity contribution >= 4 is 31.9 Å². The van der Waals surface area contributed by atoms with Crippen molar-refractivity contribution in [3.8, 4) is 0 Å². The second-order valence-corrected chi connectivity index (χ2v) is 7.18. The van der Waals surface area contributed by atoms with Gasteiger partial charge in [-0.15, -0.1) is 0 Å². The first-order valence-corrected chi connectivity index (χ1v) is 9.20. The van der Waals surface area contributed by atoms with Crippen LogP contribution in [0.5, 0.6) is 0 Å². The molecule has 2 rings (SSSR count). The Morgan fingerprint density at radius 3 is 2.55 bits per heavy atom. The van der Waals surface area contributed by atoms with Crippen molar-refractivity contribution in [3.63, 3.8) is 0 Å².